The number of carbonyl (C=O) groups is 2. The molecule has 23 heavy (non-hydrogen) atoms. The molecule has 0 saturated heterocycles. The number of hydrogen-bond acceptors (Lipinski definition) is 5. The molecule has 7 heteroatoms. The van der Waals surface area contributed by atoms with Gasteiger partial charge < -0.3 is 14.5 Å². The molecule has 1 aromatic heterocycles. The van der Waals surface area contributed by atoms with Crippen molar-refractivity contribution in [2.45, 2.75) is 26.8 Å². The van der Waals surface area contributed by atoms with E-state index in [-0.39, 0.29) is 12.4 Å². The van der Waals surface area contributed by atoms with Crippen molar-refractivity contribution in [2.75, 3.05) is 6.61 Å². The first-order valence-electron chi connectivity index (χ1n) is 7.09. The van der Waals surface area contributed by atoms with Crippen molar-refractivity contribution < 1.29 is 18.7 Å². The Kier molecular flexibility index (Phi) is 5.39. The van der Waals surface area contributed by atoms with Gasteiger partial charge in [-0.3, -0.25) is 4.79 Å². The summed E-state index contributed by atoms with van der Waals surface area (Å²) < 4.78 is 10.3. The number of hydrogen-bond donors (Lipinski definition) is 1. The van der Waals surface area contributed by atoms with E-state index in [1.54, 1.807) is 45.0 Å². The number of oxazole rings is 1. The molecule has 0 bridgehead atoms. The Morgan fingerprint density at radius 2 is 1.96 bits per heavy atom. The lowest BCUT2D eigenvalue weighted by atomic mass is 10.1. The Hall–Kier alpha value is -2.34. The third-order valence-electron chi connectivity index (χ3n) is 3.11. The second kappa shape index (κ2) is 7.28. The highest BCUT2D eigenvalue weighted by Crippen LogP contribution is 2.19. The van der Waals surface area contributed by atoms with Gasteiger partial charge in [-0.2, -0.15) is 0 Å². The third kappa shape index (κ3) is 4.10. The van der Waals surface area contributed by atoms with Crippen LogP contribution in [0.5, 0.6) is 0 Å². The Balaban J connectivity index is 2.27. The quantitative estimate of drug-likeness (QED) is 0.849. The average molecular weight is 337 g/mol. The molecule has 0 radical (unpaired) electrons. The van der Waals surface area contributed by atoms with Gasteiger partial charge in [0.25, 0.3) is 5.91 Å². The number of carbonyl (C=O) groups excluding carboxylic acids is 2. The highest BCUT2D eigenvalue weighted by Gasteiger charge is 2.27. The van der Waals surface area contributed by atoms with Crippen LogP contribution in [0, 0.1) is 13.8 Å². The molecule has 2 aromatic rings. The minimum Gasteiger partial charge on any atom is -0.464 e. The second-order valence-electron chi connectivity index (χ2n) is 4.86. The van der Waals surface area contributed by atoms with Crippen LogP contribution < -0.4 is 5.32 Å². The van der Waals surface area contributed by atoms with Gasteiger partial charge in [0.1, 0.15) is 0 Å². The summed E-state index contributed by atoms with van der Waals surface area (Å²) in [4.78, 5) is 28.6. The molecule has 0 aliphatic rings. The molecular weight excluding hydrogens is 320 g/mol. The number of nitrogens with one attached hydrogen (secondary N) is 1. The molecule has 0 unspecified atom stereocenters. The second-order valence-corrected chi connectivity index (χ2v) is 5.29. The molecule has 0 aliphatic heterocycles. The fourth-order valence-electron chi connectivity index (χ4n) is 2.10. The molecule has 2 rings (SSSR count). The summed E-state index contributed by atoms with van der Waals surface area (Å²) >= 11 is 5.86. The lowest BCUT2D eigenvalue weighted by Crippen LogP contribution is -2.35. The van der Waals surface area contributed by atoms with E-state index in [4.69, 9.17) is 20.8 Å². The zero-order valence-electron chi connectivity index (χ0n) is 13.1. The first-order chi connectivity index (χ1) is 10.9. The minimum absolute atomic E-state index is 0.0748. The molecule has 1 atom stereocenters. The topological polar surface area (TPSA) is 81.4 Å². The summed E-state index contributed by atoms with van der Waals surface area (Å²) in [5.74, 6) is -0.634. The minimum atomic E-state index is -0.954. The number of rotatable bonds is 5. The zero-order valence-corrected chi connectivity index (χ0v) is 13.8. The number of benzene rings is 1. The Labute approximate surface area is 138 Å². The Morgan fingerprint density at radius 1 is 1.30 bits per heavy atom. The van der Waals surface area contributed by atoms with E-state index in [9.17, 15) is 9.59 Å². The highest BCUT2D eigenvalue weighted by molar-refractivity contribution is 6.30. The van der Waals surface area contributed by atoms with E-state index in [2.05, 4.69) is 10.3 Å². The van der Waals surface area contributed by atoms with E-state index in [1.165, 1.54) is 0 Å². The van der Waals surface area contributed by atoms with E-state index in [0.717, 1.165) is 0 Å². The summed E-state index contributed by atoms with van der Waals surface area (Å²) in [6.07, 6.45) is 0. The van der Waals surface area contributed by atoms with Gasteiger partial charge in [0.2, 0.25) is 5.76 Å². The maximum Gasteiger partial charge on any atom is 0.333 e. The van der Waals surface area contributed by atoms with Gasteiger partial charge >= 0.3 is 5.97 Å². The number of nitrogens with zero attached hydrogens (tertiary/aromatic N) is 1. The highest BCUT2D eigenvalue weighted by atomic mass is 35.5. The first-order valence-corrected chi connectivity index (χ1v) is 7.47. The van der Waals surface area contributed by atoms with Crippen molar-refractivity contribution >= 4 is 23.5 Å². The van der Waals surface area contributed by atoms with Crippen LogP contribution >= 0.6 is 11.6 Å². The van der Waals surface area contributed by atoms with Gasteiger partial charge in [-0.1, -0.05) is 23.7 Å². The lowest BCUT2D eigenvalue weighted by molar-refractivity contribution is -0.145. The molecule has 122 valence electrons. The molecule has 0 saturated carbocycles. The monoisotopic (exact) mass is 336 g/mol. The van der Waals surface area contributed by atoms with E-state index >= 15 is 0 Å². The summed E-state index contributed by atoms with van der Waals surface area (Å²) in [6.45, 7) is 5.21. The van der Waals surface area contributed by atoms with Crippen LogP contribution in [0.25, 0.3) is 0 Å². The summed E-state index contributed by atoms with van der Waals surface area (Å²) in [7, 11) is 0. The molecule has 1 N–H and O–H groups in total. The number of esters is 1. The van der Waals surface area contributed by atoms with Crippen molar-refractivity contribution in [3.05, 3.63) is 52.2 Å². The van der Waals surface area contributed by atoms with Crippen LogP contribution in [-0.4, -0.2) is 23.5 Å². The zero-order chi connectivity index (χ0) is 17.0. The van der Waals surface area contributed by atoms with Crippen LogP contribution in [0.3, 0.4) is 0 Å². The standard InChI is InChI=1S/C16H17ClN2O4/c1-4-22-16(21)13(11-5-7-12(17)8-6-11)19-15(20)14-9(2)18-10(3)23-14/h5-8,13H,4H2,1-3H3,(H,19,20)/t13-/m0/s1. The molecule has 0 spiro atoms. The van der Waals surface area contributed by atoms with Crippen molar-refractivity contribution in [3.8, 4) is 0 Å². The lowest BCUT2D eigenvalue weighted by Gasteiger charge is -2.17. The normalized spacial score (nSPS) is 11.8. The summed E-state index contributed by atoms with van der Waals surface area (Å²) in [5.41, 5.74) is 1.02. The van der Waals surface area contributed by atoms with Gasteiger partial charge in [0.05, 0.1) is 12.3 Å². The van der Waals surface area contributed by atoms with Crippen LogP contribution in [-0.2, 0) is 9.53 Å². The predicted molar refractivity (Wildman–Crippen MR) is 84.3 cm³/mol. The maximum absolute atomic E-state index is 12.4. The van der Waals surface area contributed by atoms with Gasteiger partial charge in [-0.05, 0) is 31.5 Å². The molecule has 0 fully saturated rings. The molecule has 1 heterocycles. The van der Waals surface area contributed by atoms with Gasteiger partial charge in [-0.15, -0.1) is 0 Å². The van der Waals surface area contributed by atoms with E-state index < -0.39 is 17.9 Å². The SMILES string of the molecule is CCOC(=O)[C@@H](NC(=O)c1oc(C)nc1C)c1ccc(Cl)cc1. The largest absolute Gasteiger partial charge is 0.464 e. The maximum atomic E-state index is 12.4. The van der Waals surface area contributed by atoms with E-state index in [0.29, 0.717) is 22.2 Å². The predicted octanol–water partition coefficient (Wildman–Crippen LogP) is 2.98. The van der Waals surface area contributed by atoms with Gasteiger partial charge in [0, 0.05) is 11.9 Å². The van der Waals surface area contributed by atoms with Gasteiger partial charge in [0.15, 0.2) is 11.9 Å². The number of ether oxygens (including phenoxy) is 1. The van der Waals surface area contributed by atoms with E-state index in [1.807, 2.05) is 0 Å². The average Bonchev–Trinajstić information content (AvgIpc) is 2.84. The Morgan fingerprint density at radius 3 is 2.48 bits per heavy atom. The van der Waals surface area contributed by atoms with Crippen LogP contribution in [0.15, 0.2) is 28.7 Å². The molecule has 1 amide bonds. The fourth-order valence-corrected chi connectivity index (χ4v) is 2.22. The fraction of sp³-hybridized carbons (Fsp3) is 0.312. The summed E-state index contributed by atoms with van der Waals surface area (Å²) in [6, 6.07) is 5.63. The van der Waals surface area contributed by atoms with Crippen molar-refractivity contribution in [1.82, 2.24) is 10.3 Å². The smallest absolute Gasteiger partial charge is 0.333 e. The van der Waals surface area contributed by atoms with Crippen LogP contribution in [0.4, 0.5) is 0 Å². The van der Waals surface area contributed by atoms with Crippen molar-refractivity contribution in [1.29, 1.82) is 0 Å². The van der Waals surface area contributed by atoms with Crippen molar-refractivity contribution in [2.24, 2.45) is 0 Å². The number of amides is 1. The number of aryl methyl sites for hydroxylation is 2. The Bertz CT molecular complexity index is 709. The van der Waals surface area contributed by atoms with Crippen LogP contribution in [0.1, 0.15) is 40.7 Å². The van der Waals surface area contributed by atoms with Gasteiger partial charge in [-0.25, -0.2) is 9.78 Å². The number of halogens is 1. The van der Waals surface area contributed by atoms with Crippen LogP contribution in [0.2, 0.25) is 5.02 Å². The summed E-state index contributed by atoms with van der Waals surface area (Å²) in [5, 5.41) is 3.15. The third-order valence-corrected chi connectivity index (χ3v) is 3.36. The molecule has 0 aliphatic carbocycles. The number of aromatic nitrogens is 1. The molecule has 1 aromatic carbocycles. The molecule has 6 nitrogen and oxygen atoms in total. The van der Waals surface area contributed by atoms with Crippen molar-refractivity contribution in [3.63, 3.8) is 0 Å². The first kappa shape index (κ1) is 17.0. The molecular formula is C16H17ClN2O4.